The van der Waals surface area contributed by atoms with E-state index in [1.54, 1.807) is 6.07 Å². The first kappa shape index (κ1) is 12.4. The summed E-state index contributed by atoms with van der Waals surface area (Å²) < 4.78 is 16.0. The minimum absolute atomic E-state index is 0.00178. The predicted octanol–water partition coefficient (Wildman–Crippen LogP) is 2.25. The number of hydrogen-bond donors (Lipinski definition) is 1. The number of unbranched alkanes of at least 4 members (excludes halogenated alkanes) is 1. The molecule has 0 radical (unpaired) electrons. The van der Waals surface area contributed by atoms with Crippen molar-refractivity contribution in [2.24, 2.45) is 0 Å². The number of aromatic hydroxyl groups is 1. The van der Waals surface area contributed by atoms with Gasteiger partial charge in [0.15, 0.2) is 6.29 Å². The Morgan fingerprint density at radius 1 is 1.41 bits per heavy atom. The van der Waals surface area contributed by atoms with Crippen LogP contribution in [0.1, 0.15) is 37.9 Å². The van der Waals surface area contributed by atoms with Crippen LogP contribution in [0, 0.1) is 0 Å². The standard InChI is InChI=1S/C12H19NO4/c14-11-9-10(17-13-11)5-1-3-7-15-12-6-2-4-8-16-12/h9,12H,1-8H2,(H,13,14). The van der Waals surface area contributed by atoms with E-state index >= 15 is 0 Å². The van der Waals surface area contributed by atoms with Gasteiger partial charge in [0.2, 0.25) is 0 Å². The lowest BCUT2D eigenvalue weighted by Crippen LogP contribution is -2.22. The molecule has 0 amide bonds. The zero-order valence-electron chi connectivity index (χ0n) is 9.93. The van der Waals surface area contributed by atoms with Gasteiger partial charge < -0.3 is 19.1 Å². The minimum Gasteiger partial charge on any atom is -0.491 e. The lowest BCUT2D eigenvalue weighted by Gasteiger charge is -2.22. The van der Waals surface area contributed by atoms with Crippen molar-refractivity contribution in [1.29, 1.82) is 0 Å². The normalized spacial score (nSPS) is 20.6. The van der Waals surface area contributed by atoms with Crippen molar-refractivity contribution < 1.29 is 19.1 Å². The summed E-state index contributed by atoms with van der Waals surface area (Å²) in [7, 11) is 0. The second-order valence-corrected chi connectivity index (χ2v) is 4.28. The summed E-state index contributed by atoms with van der Waals surface area (Å²) >= 11 is 0. The first-order chi connectivity index (χ1) is 8.34. The van der Waals surface area contributed by atoms with Crippen LogP contribution >= 0.6 is 0 Å². The van der Waals surface area contributed by atoms with Crippen molar-refractivity contribution in [2.75, 3.05) is 13.2 Å². The Kier molecular flexibility index (Phi) is 4.82. The molecule has 2 heterocycles. The number of nitrogens with zero attached hydrogens (tertiary/aromatic N) is 1. The fourth-order valence-electron chi connectivity index (χ4n) is 1.88. The molecule has 0 saturated carbocycles. The summed E-state index contributed by atoms with van der Waals surface area (Å²) in [4.78, 5) is 0. The summed E-state index contributed by atoms with van der Waals surface area (Å²) in [5, 5.41) is 12.4. The van der Waals surface area contributed by atoms with Gasteiger partial charge in [-0.3, -0.25) is 0 Å². The first-order valence-electron chi connectivity index (χ1n) is 6.22. The Morgan fingerprint density at radius 3 is 3.06 bits per heavy atom. The van der Waals surface area contributed by atoms with Gasteiger partial charge in [0.25, 0.3) is 5.88 Å². The number of hydrogen-bond acceptors (Lipinski definition) is 5. The highest BCUT2D eigenvalue weighted by Gasteiger charge is 2.13. The second-order valence-electron chi connectivity index (χ2n) is 4.28. The topological polar surface area (TPSA) is 64.7 Å². The zero-order valence-corrected chi connectivity index (χ0v) is 9.93. The van der Waals surface area contributed by atoms with E-state index in [-0.39, 0.29) is 12.2 Å². The number of aromatic nitrogens is 1. The van der Waals surface area contributed by atoms with Gasteiger partial charge in [0, 0.05) is 25.7 Å². The molecule has 1 saturated heterocycles. The molecular formula is C12H19NO4. The highest BCUT2D eigenvalue weighted by Crippen LogP contribution is 2.15. The van der Waals surface area contributed by atoms with Crippen molar-refractivity contribution in [3.8, 4) is 5.88 Å². The molecule has 0 spiro atoms. The van der Waals surface area contributed by atoms with E-state index in [1.807, 2.05) is 0 Å². The van der Waals surface area contributed by atoms with Gasteiger partial charge in [-0.2, -0.15) is 0 Å². The highest BCUT2D eigenvalue weighted by atomic mass is 16.7. The Hall–Kier alpha value is -1.07. The van der Waals surface area contributed by atoms with Crippen LogP contribution in [0.15, 0.2) is 10.6 Å². The van der Waals surface area contributed by atoms with E-state index in [1.165, 1.54) is 6.42 Å². The smallest absolute Gasteiger partial charge is 0.251 e. The first-order valence-corrected chi connectivity index (χ1v) is 6.22. The van der Waals surface area contributed by atoms with Crippen LogP contribution in [0.3, 0.4) is 0 Å². The Morgan fingerprint density at radius 2 is 2.35 bits per heavy atom. The fraction of sp³-hybridized carbons (Fsp3) is 0.750. The fourth-order valence-corrected chi connectivity index (χ4v) is 1.88. The molecule has 1 aromatic heterocycles. The van der Waals surface area contributed by atoms with Crippen molar-refractivity contribution in [3.63, 3.8) is 0 Å². The van der Waals surface area contributed by atoms with Crippen molar-refractivity contribution in [1.82, 2.24) is 5.16 Å². The summed E-state index contributed by atoms with van der Waals surface area (Å²) in [6.45, 7) is 1.53. The summed E-state index contributed by atoms with van der Waals surface area (Å²) in [6, 6.07) is 1.55. The monoisotopic (exact) mass is 241 g/mol. The average Bonchev–Trinajstić information content (AvgIpc) is 2.76. The maximum absolute atomic E-state index is 8.98. The second kappa shape index (κ2) is 6.61. The maximum Gasteiger partial charge on any atom is 0.251 e. The Balaban J connectivity index is 1.51. The molecule has 1 aliphatic rings. The number of aryl methyl sites for hydroxylation is 1. The molecule has 0 bridgehead atoms. The van der Waals surface area contributed by atoms with Crippen LogP contribution in [0.4, 0.5) is 0 Å². The summed E-state index contributed by atoms with van der Waals surface area (Å²) in [5.41, 5.74) is 0. The van der Waals surface area contributed by atoms with Gasteiger partial charge in [-0.15, -0.1) is 0 Å². The molecule has 1 aromatic rings. The number of ether oxygens (including phenoxy) is 2. The zero-order chi connectivity index (χ0) is 11.9. The van der Waals surface area contributed by atoms with Crippen LogP contribution in [-0.4, -0.2) is 29.8 Å². The van der Waals surface area contributed by atoms with Crippen molar-refractivity contribution in [3.05, 3.63) is 11.8 Å². The van der Waals surface area contributed by atoms with Crippen molar-refractivity contribution >= 4 is 0 Å². The van der Waals surface area contributed by atoms with E-state index < -0.39 is 0 Å². The van der Waals surface area contributed by atoms with Gasteiger partial charge >= 0.3 is 0 Å². The molecule has 1 unspecified atom stereocenters. The molecular weight excluding hydrogens is 222 g/mol. The highest BCUT2D eigenvalue weighted by molar-refractivity contribution is 5.08. The molecule has 1 N–H and O–H groups in total. The van der Waals surface area contributed by atoms with Crippen LogP contribution in [0.25, 0.3) is 0 Å². The third-order valence-electron chi connectivity index (χ3n) is 2.81. The third-order valence-corrected chi connectivity index (χ3v) is 2.81. The van der Waals surface area contributed by atoms with E-state index in [0.29, 0.717) is 6.61 Å². The predicted molar refractivity (Wildman–Crippen MR) is 60.6 cm³/mol. The summed E-state index contributed by atoms with van der Waals surface area (Å²) in [6.07, 6.45) is 6.05. The number of rotatable bonds is 6. The third kappa shape index (κ3) is 4.36. The van der Waals surface area contributed by atoms with Crippen LogP contribution in [-0.2, 0) is 15.9 Å². The molecule has 5 heteroatoms. The SMILES string of the molecule is Oc1cc(CCCCOC2CCCCO2)on1. The van der Waals surface area contributed by atoms with E-state index in [2.05, 4.69) is 5.16 Å². The molecule has 5 nitrogen and oxygen atoms in total. The van der Waals surface area contributed by atoms with Crippen LogP contribution in [0.5, 0.6) is 5.88 Å². The quantitative estimate of drug-likeness (QED) is 0.774. The summed E-state index contributed by atoms with van der Waals surface area (Å²) in [5.74, 6) is 0.670. The van der Waals surface area contributed by atoms with Gasteiger partial charge in [-0.1, -0.05) is 0 Å². The van der Waals surface area contributed by atoms with E-state index in [9.17, 15) is 0 Å². The van der Waals surface area contributed by atoms with Crippen LogP contribution in [0.2, 0.25) is 0 Å². The van der Waals surface area contributed by atoms with Gasteiger partial charge in [0.05, 0.1) is 0 Å². The van der Waals surface area contributed by atoms with Gasteiger partial charge in [0.1, 0.15) is 5.76 Å². The largest absolute Gasteiger partial charge is 0.491 e. The molecule has 2 rings (SSSR count). The lowest BCUT2D eigenvalue weighted by molar-refractivity contribution is -0.162. The van der Waals surface area contributed by atoms with Gasteiger partial charge in [-0.05, 0) is 37.3 Å². The molecule has 1 fully saturated rings. The minimum atomic E-state index is -0.0492. The molecule has 1 aliphatic heterocycles. The Bertz CT molecular complexity index is 320. The molecule has 1 atom stereocenters. The van der Waals surface area contributed by atoms with E-state index in [4.69, 9.17) is 19.1 Å². The molecule has 17 heavy (non-hydrogen) atoms. The molecule has 96 valence electrons. The van der Waals surface area contributed by atoms with Crippen LogP contribution < -0.4 is 0 Å². The lowest BCUT2D eigenvalue weighted by atomic mass is 10.2. The molecule has 0 aliphatic carbocycles. The average molecular weight is 241 g/mol. The Labute approximate surface area is 101 Å². The maximum atomic E-state index is 8.98. The van der Waals surface area contributed by atoms with E-state index in [0.717, 1.165) is 44.5 Å². The molecule has 0 aromatic carbocycles. The van der Waals surface area contributed by atoms with Crippen molar-refractivity contribution in [2.45, 2.75) is 44.8 Å². The van der Waals surface area contributed by atoms with Gasteiger partial charge in [-0.25, -0.2) is 0 Å².